The molecule has 3 rings (SSSR count). The molecule has 1 saturated heterocycles. The predicted octanol–water partition coefficient (Wildman–Crippen LogP) is 3.98. The predicted molar refractivity (Wildman–Crippen MR) is 111 cm³/mol. The van der Waals surface area contributed by atoms with Crippen molar-refractivity contribution in [2.24, 2.45) is 0 Å². The molecule has 0 aromatic heterocycles. The molecule has 0 unspecified atom stereocenters. The van der Waals surface area contributed by atoms with Crippen LogP contribution in [-0.4, -0.2) is 54.2 Å². The van der Waals surface area contributed by atoms with Crippen molar-refractivity contribution in [1.29, 1.82) is 0 Å². The summed E-state index contributed by atoms with van der Waals surface area (Å²) in [7, 11) is 3.49. The minimum Gasteiger partial charge on any atom is -0.497 e. The van der Waals surface area contributed by atoms with Crippen LogP contribution in [0.4, 0.5) is 0 Å². The monoisotopic (exact) mass is 386 g/mol. The van der Waals surface area contributed by atoms with Crippen LogP contribution in [-0.2, 0) is 16.1 Å². The number of hydrogen-bond acceptors (Lipinski definition) is 4. The smallest absolute Gasteiger partial charge is 0.249 e. The minimum atomic E-state index is -0.149. The number of amides is 1. The number of carbonyl (C=O) groups is 1. The van der Waals surface area contributed by atoms with E-state index in [-0.39, 0.29) is 17.6 Å². The molecule has 1 aromatic rings. The molecule has 2 atom stereocenters. The Balaban J connectivity index is 1.77. The number of carbonyl (C=O) groups excluding carboxylic acids is 1. The Bertz CT molecular complexity index is 701. The SMILES string of the molecule is CCC(CC)(OC)[C@@H]1CCCN1C1=CC(=O)N(Cc2ccc(OC)cc2)[C@H]1C. The molecule has 154 valence electrons. The number of methoxy groups -OCH3 is 2. The largest absolute Gasteiger partial charge is 0.497 e. The van der Waals surface area contributed by atoms with E-state index in [9.17, 15) is 4.79 Å². The van der Waals surface area contributed by atoms with Crippen molar-refractivity contribution in [3.63, 3.8) is 0 Å². The Labute approximate surface area is 169 Å². The van der Waals surface area contributed by atoms with Gasteiger partial charge in [-0.05, 0) is 50.3 Å². The van der Waals surface area contributed by atoms with Gasteiger partial charge in [-0.25, -0.2) is 0 Å². The molecule has 5 heteroatoms. The number of nitrogens with zero attached hydrogens (tertiary/aromatic N) is 2. The zero-order valence-electron chi connectivity index (χ0n) is 17.9. The maximum absolute atomic E-state index is 12.8. The average Bonchev–Trinajstić information content (AvgIpc) is 3.31. The molecular formula is C23H34N2O3. The second-order valence-electron chi connectivity index (χ2n) is 7.89. The fourth-order valence-electron chi connectivity index (χ4n) is 4.91. The molecule has 5 nitrogen and oxygen atoms in total. The highest BCUT2D eigenvalue weighted by molar-refractivity contribution is 5.91. The topological polar surface area (TPSA) is 42.0 Å². The Morgan fingerprint density at radius 1 is 1.14 bits per heavy atom. The van der Waals surface area contributed by atoms with Gasteiger partial charge in [0.15, 0.2) is 0 Å². The normalized spacial score (nSPS) is 22.8. The summed E-state index contributed by atoms with van der Waals surface area (Å²) in [6, 6.07) is 8.34. The average molecular weight is 387 g/mol. The van der Waals surface area contributed by atoms with Crippen molar-refractivity contribution in [2.45, 2.75) is 70.7 Å². The van der Waals surface area contributed by atoms with E-state index in [2.05, 4.69) is 25.7 Å². The molecule has 0 saturated carbocycles. The van der Waals surface area contributed by atoms with Crippen LogP contribution >= 0.6 is 0 Å². The molecule has 0 radical (unpaired) electrons. The van der Waals surface area contributed by atoms with E-state index in [1.807, 2.05) is 42.4 Å². The van der Waals surface area contributed by atoms with Crippen molar-refractivity contribution in [3.05, 3.63) is 41.6 Å². The molecule has 0 aliphatic carbocycles. The van der Waals surface area contributed by atoms with Crippen LogP contribution < -0.4 is 4.74 Å². The van der Waals surface area contributed by atoms with Gasteiger partial charge in [-0.3, -0.25) is 4.79 Å². The standard InChI is InChI=1S/C23H34N2O3/c1-6-23(7-2,28-5)21-9-8-14-24(21)20-15-22(26)25(17(20)3)16-18-10-12-19(27-4)13-11-18/h10-13,15,17,21H,6-9,14,16H2,1-5H3/t17-,21-/m0/s1. The van der Waals surface area contributed by atoms with Crippen molar-refractivity contribution < 1.29 is 14.3 Å². The van der Waals surface area contributed by atoms with Crippen LogP contribution in [0.3, 0.4) is 0 Å². The van der Waals surface area contributed by atoms with Gasteiger partial charge in [-0.15, -0.1) is 0 Å². The van der Waals surface area contributed by atoms with E-state index < -0.39 is 0 Å². The third-order valence-electron chi connectivity index (χ3n) is 6.76. The highest BCUT2D eigenvalue weighted by Crippen LogP contribution is 2.39. The van der Waals surface area contributed by atoms with Crippen LogP contribution in [0.25, 0.3) is 0 Å². The molecule has 0 bridgehead atoms. The van der Waals surface area contributed by atoms with Crippen molar-refractivity contribution in [2.75, 3.05) is 20.8 Å². The van der Waals surface area contributed by atoms with Crippen LogP contribution in [0.5, 0.6) is 5.75 Å². The summed E-state index contributed by atoms with van der Waals surface area (Å²) < 4.78 is 11.3. The van der Waals surface area contributed by atoms with E-state index in [0.717, 1.165) is 49.2 Å². The van der Waals surface area contributed by atoms with Crippen LogP contribution in [0.1, 0.15) is 52.0 Å². The first-order chi connectivity index (χ1) is 13.5. The lowest BCUT2D eigenvalue weighted by atomic mass is 9.86. The molecule has 2 aliphatic heterocycles. The third kappa shape index (κ3) is 3.64. The van der Waals surface area contributed by atoms with Gasteiger partial charge in [0, 0.05) is 32.0 Å². The van der Waals surface area contributed by atoms with E-state index in [1.54, 1.807) is 7.11 Å². The maximum Gasteiger partial charge on any atom is 0.249 e. The fraction of sp³-hybridized carbons (Fsp3) is 0.609. The summed E-state index contributed by atoms with van der Waals surface area (Å²) in [4.78, 5) is 17.2. The molecular weight excluding hydrogens is 352 g/mol. The van der Waals surface area contributed by atoms with E-state index >= 15 is 0 Å². The van der Waals surface area contributed by atoms with E-state index in [4.69, 9.17) is 9.47 Å². The molecule has 2 aliphatic rings. The van der Waals surface area contributed by atoms with Gasteiger partial charge in [0.1, 0.15) is 5.75 Å². The lowest BCUT2D eigenvalue weighted by Gasteiger charge is -2.43. The third-order valence-corrected chi connectivity index (χ3v) is 6.76. The second kappa shape index (κ2) is 8.56. The Morgan fingerprint density at radius 3 is 2.39 bits per heavy atom. The molecule has 28 heavy (non-hydrogen) atoms. The number of ether oxygens (including phenoxy) is 2. The highest BCUT2D eigenvalue weighted by Gasteiger charge is 2.45. The quantitative estimate of drug-likeness (QED) is 0.678. The lowest BCUT2D eigenvalue weighted by Crippen LogP contribution is -2.51. The van der Waals surface area contributed by atoms with Gasteiger partial charge in [-0.1, -0.05) is 26.0 Å². The van der Waals surface area contributed by atoms with Crippen LogP contribution in [0, 0.1) is 0 Å². The Kier molecular flexibility index (Phi) is 6.33. The maximum atomic E-state index is 12.8. The van der Waals surface area contributed by atoms with Crippen LogP contribution in [0.2, 0.25) is 0 Å². The molecule has 1 fully saturated rings. The first-order valence-electron chi connectivity index (χ1n) is 10.5. The molecule has 2 heterocycles. The first-order valence-corrected chi connectivity index (χ1v) is 10.5. The molecule has 0 N–H and O–H groups in total. The van der Waals surface area contributed by atoms with Crippen LogP contribution in [0.15, 0.2) is 36.0 Å². The van der Waals surface area contributed by atoms with Gasteiger partial charge in [0.2, 0.25) is 5.91 Å². The van der Waals surface area contributed by atoms with E-state index in [1.165, 1.54) is 0 Å². The Hall–Kier alpha value is -2.01. The first kappa shape index (κ1) is 20.7. The highest BCUT2D eigenvalue weighted by atomic mass is 16.5. The fourth-order valence-corrected chi connectivity index (χ4v) is 4.91. The Morgan fingerprint density at radius 2 is 1.82 bits per heavy atom. The van der Waals surface area contributed by atoms with Gasteiger partial charge in [0.25, 0.3) is 0 Å². The molecule has 0 spiro atoms. The second-order valence-corrected chi connectivity index (χ2v) is 7.89. The summed E-state index contributed by atoms with van der Waals surface area (Å²) >= 11 is 0. The number of likely N-dealkylation sites (tertiary alicyclic amines) is 1. The van der Waals surface area contributed by atoms with Crippen molar-refractivity contribution in [3.8, 4) is 5.75 Å². The molecule has 1 amide bonds. The number of benzene rings is 1. The van der Waals surface area contributed by atoms with Crippen molar-refractivity contribution >= 4 is 5.91 Å². The zero-order valence-corrected chi connectivity index (χ0v) is 17.9. The zero-order chi connectivity index (χ0) is 20.3. The minimum absolute atomic E-state index is 0.0680. The lowest BCUT2D eigenvalue weighted by molar-refractivity contribution is -0.126. The summed E-state index contributed by atoms with van der Waals surface area (Å²) in [5, 5.41) is 0. The van der Waals surface area contributed by atoms with Crippen molar-refractivity contribution in [1.82, 2.24) is 9.80 Å². The summed E-state index contributed by atoms with van der Waals surface area (Å²) in [5.41, 5.74) is 2.11. The number of rotatable bonds is 8. The summed E-state index contributed by atoms with van der Waals surface area (Å²) in [5.74, 6) is 0.929. The molecule has 1 aromatic carbocycles. The van der Waals surface area contributed by atoms with Gasteiger partial charge >= 0.3 is 0 Å². The van der Waals surface area contributed by atoms with Gasteiger partial charge in [-0.2, -0.15) is 0 Å². The van der Waals surface area contributed by atoms with E-state index in [0.29, 0.717) is 12.6 Å². The summed E-state index contributed by atoms with van der Waals surface area (Å²) in [6.45, 7) is 8.16. The summed E-state index contributed by atoms with van der Waals surface area (Å²) in [6.07, 6.45) is 6.07. The van der Waals surface area contributed by atoms with Gasteiger partial charge < -0.3 is 19.3 Å². The number of hydrogen-bond donors (Lipinski definition) is 0. The van der Waals surface area contributed by atoms with Gasteiger partial charge in [0.05, 0.1) is 24.8 Å².